The summed E-state index contributed by atoms with van der Waals surface area (Å²) in [4.78, 5) is 0. The number of rotatable bonds is 8. The van der Waals surface area contributed by atoms with Gasteiger partial charge in [0.05, 0.1) is 6.16 Å². The summed E-state index contributed by atoms with van der Waals surface area (Å²) < 4.78 is 6.40. The summed E-state index contributed by atoms with van der Waals surface area (Å²) in [6, 6.07) is 33.3. The molecule has 146 valence electrons. The fourth-order valence-electron chi connectivity index (χ4n) is 3.92. The molecule has 3 rings (SSSR count). The van der Waals surface area contributed by atoms with E-state index >= 15 is 0 Å². The molecule has 0 aliphatic heterocycles. The fourth-order valence-corrected chi connectivity index (χ4v) is 9.71. The van der Waals surface area contributed by atoms with Crippen LogP contribution in [0.15, 0.2) is 91.0 Å². The average Bonchev–Trinajstić information content (AvgIpc) is 2.70. The van der Waals surface area contributed by atoms with Crippen molar-refractivity contribution in [3.05, 3.63) is 91.0 Å². The van der Waals surface area contributed by atoms with E-state index in [1.807, 2.05) is 0 Å². The van der Waals surface area contributed by atoms with Crippen molar-refractivity contribution in [2.45, 2.75) is 39.1 Å². The van der Waals surface area contributed by atoms with Crippen LogP contribution >= 0.6 is 7.26 Å². The Morgan fingerprint density at radius 3 is 1.36 bits per heavy atom. The quantitative estimate of drug-likeness (QED) is 0.348. The first-order valence-electron chi connectivity index (χ1n) is 10.1. The molecular formula is C25H32OPSi+. The minimum Gasteiger partial charge on any atom is -0.415 e. The van der Waals surface area contributed by atoms with Gasteiger partial charge in [0.2, 0.25) is 0 Å². The summed E-state index contributed by atoms with van der Waals surface area (Å²) in [6.45, 7) is 9.07. The Hall–Kier alpha value is -1.73. The lowest BCUT2D eigenvalue weighted by atomic mass is 10.3. The second-order valence-electron chi connectivity index (χ2n) is 8.37. The minimum absolute atomic E-state index is 0.280. The van der Waals surface area contributed by atoms with Crippen LogP contribution in [0, 0.1) is 0 Å². The van der Waals surface area contributed by atoms with Gasteiger partial charge in [-0.05, 0) is 63.0 Å². The molecule has 0 amide bonds. The summed E-state index contributed by atoms with van der Waals surface area (Å²) in [7, 11) is -3.28. The molecule has 0 bridgehead atoms. The topological polar surface area (TPSA) is 9.23 Å². The number of hydrogen-bond donors (Lipinski definition) is 0. The van der Waals surface area contributed by atoms with Gasteiger partial charge < -0.3 is 4.43 Å². The summed E-state index contributed by atoms with van der Waals surface area (Å²) in [6.07, 6.45) is 2.47. The lowest BCUT2D eigenvalue weighted by Gasteiger charge is -2.30. The van der Waals surface area contributed by atoms with Crippen LogP contribution in [0.5, 0.6) is 0 Å². The van der Waals surface area contributed by atoms with Crippen molar-refractivity contribution < 1.29 is 4.43 Å². The van der Waals surface area contributed by atoms with E-state index in [1.54, 1.807) is 0 Å². The van der Waals surface area contributed by atoms with Crippen molar-refractivity contribution in [2.24, 2.45) is 0 Å². The summed E-state index contributed by atoms with van der Waals surface area (Å²) in [5.74, 6) is 0. The van der Waals surface area contributed by atoms with Crippen molar-refractivity contribution >= 4 is 31.5 Å². The fraction of sp³-hybridized carbons (Fsp3) is 0.280. The van der Waals surface area contributed by atoms with E-state index in [0.717, 1.165) is 12.6 Å². The van der Waals surface area contributed by atoms with Gasteiger partial charge in [0.15, 0.2) is 8.32 Å². The van der Waals surface area contributed by atoms with Crippen molar-refractivity contribution in [3.63, 3.8) is 0 Å². The van der Waals surface area contributed by atoms with E-state index in [9.17, 15) is 0 Å². The third kappa shape index (κ3) is 5.00. The van der Waals surface area contributed by atoms with Crippen LogP contribution in [0.1, 0.15) is 13.3 Å². The molecule has 1 atom stereocenters. The van der Waals surface area contributed by atoms with Gasteiger partial charge in [0, 0.05) is 12.5 Å². The van der Waals surface area contributed by atoms with Crippen LogP contribution in [0.2, 0.25) is 19.6 Å². The lowest BCUT2D eigenvalue weighted by Crippen LogP contribution is -2.36. The molecule has 3 aromatic carbocycles. The van der Waals surface area contributed by atoms with Crippen molar-refractivity contribution in [2.75, 3.05) is 6.16 Å². The van der Waals surface area contributed by atoms with E-state index < -0.39 is 15.6 Å². The highest BCUT2D eigenvalue weighted by Gasteiger charge is 2.45. The second-order valence-corrected chi connectivity index (χ2v) is 16.4. The Morgan fingerprint density at radius 2 is 1.04 bits per heavy atom. The Labute approximate surface area is 172 Å². The normalized spacial score (nSPS) is 13.3. The largest absolute Gasteiger partial charge is 0.415 e. The molecule has 3 aromatic rings. The maximum Gasteiger partial charge on any atom is 0.184 e. The predicted molar refractivity (Wildman–Crippen MR) is 129 cm³/mol. The Balaban J connectivity index is 2.09. The van der Waals surface area contributed by atoms with E-state index in [2.05, 4.69) is 118 Å². The molecule has 0 radical (unpaired) electrons. The van der Waals surface area contributed by atoms with Crippen molar-refractivity contribution in [3.8, 4) is 0 Å². The molecule has 0 heterocycles. The molecule has 0 aromatic heterocycles. The number of hydrogen-bond acceptors (Lipinski definition) is 1. The SMILES string of the molecule is C[C@H](CC[P+](c1ccccc1)(c1ccccc1)c1ccccc1)O[Si](C)(C)C. The van der Waals surface area contributed by atoms with Crippen LogP contribution in [0.4, 0.5) is 0 Å². The molecule has 0 aliphatic carbocycles. The third-order valence-electron chi connectivity index (χ3n) is 5.02. The van der Waals surface area contributed by atoms with Gasteiger partial charge in [-0.3, -0.25) is 0 Å². The van der Waals surface area contributed by atoms with Crippen LogP contribution < -0.4 is 15.9 Å². The first kappa shape index (κ1) is 21.0. The van der Waals surface area contributed by atoms with Crippen LogP contribution in [-0.4, -0.2) is 20.6 Å². The van der Waals surface area contributed by atoms with E-state index in [-0.39, 0.29) is 6.10 Å². The molecule has 0 unspecified atom stereocenters. The van der Waals surface area contributed by atoms with Gasteiger partial charge >= 0.3 is 0 Å². The van der Waals surface area contributed by atoms with Crippen LogP contribution in [0.25, 0.3) is 0 Å². The van der Waals surface area contributed by atoms with Crippen molar-refractivity contribution in [1.82, 2.24) is 0 Å². The lowest BCUT2D eigenvalue weighted by molar-refractivity contribution is 0.211. The maximum atomic E-state index is 6.40. The first-order chi connectivity index (χ1) is 13.4. The monoisotopic (exact) mass is 407 g/mol. The van der Waals surface area contributed by atoms with Gasteiger partial charge in [-0.25, -0.2) is 0 Å². The van der Waals surface area contributed by atoms with Gasteiger partial charge in [0.25, 0.3) is 0 Å². The van der Waals surface area contributed by atoms with Gasteiger partial charge in [-0.2, -0.15) is 0 Å². The van der Waals surface area contributed by atoms with E-state index in [0.29, 0.717) is 0 Å². The molecule has 0 N–H and O–H groups in total. The van der Waals surface area contributed by atoms with Crippen LogP contribution in [0.3, 0.4) is 0 Å². The van der Waals surface area contributed by atoms with Gasteiger partial charge in [-0.1, -0.05) is 54.6 Å². The summed E-state index contributed by atoms with van der Waals surface area (Å²) in [5, 5.41) is 4.35. The van der Waals surface area contributed by atoms with E-state index in [4.69, 9.17) is 4.43 Å². The highest BCUT2D eigenvalue weighted by molar-refractivity contribution is 7.95. The molecule has 3 heteroatoms. The predicted octanol–water partition coefficient (Wildman–Crippen LogP) is 5.61. The highest BCUT2D eigenvalue weighted by Crippen LogP contribution is 2.56. The molecule has 1 nitrogen and oxygen atoms in total. The number of benzene rings is 3. The van der Waals surface area contributed by atoms with Gasteiger partial charge in [0.1, 0.15) is 23.2 Å². The van der Waals surface area contributed by atoms with Crippen LogP contribution in [-0.2, 0) is 4.43 Å². The summed E-state index contributed by atoms with van der Waals surface area (Å²) >= 11 is 0. The Kier molecular flexibility index (Phi) is 6.88. The Morgan fingerprint density at radius 1 is 0.679 bits per heavy atom. The average molecular weight is 408 g/mol. The first-order valence-corrected chi connectivity index (χ1v) is 15.5. The molecule has 0 saturated carbocycles. The molecule has 0 spiro atoms. The molecule has 0 saturated heterocycles. The van der Waals surface area contributed by atoms with Crippen molar-refractivity contribution in [1.29, 1.82) is 0 Å². The third-order valence-corrected chi connectivity index (χ3v) is 10.6. The second kappa shape index (κ2) is 9.18. The van der Waals surface area contributed by atoms with Gasteiger partial charge in [-0.15, -0.1) is 0 Å². The molecular weight excluding hydrogens is 375 g/mol. The summed E-state index contributed by atoms with van der Waals surface area (Å²) in [5.41, 5.74) is 0. The Bertz CT molecular complexity index is 747. The zero-order valence-electron chi connectivity index (χ0n) is 17.5. The molecule has 0 fully saturated rings. The maximum absolute atomic E-state index is 6.40. The smallest absolute Gasteiger partial charge is 0.184 e. The zero-order valence-corrected chi connectivity index (χ0v) is 19.4. The highest BCUT2D eigenvalue weighted by atomic mass is 31.2. The molecule has 0 aliphatic rings. The molecule has 28 heavy (non-hydrogen) atoms. The minimum atomic E-state index is -1.74. The zero-order chi connectivity index (χ0) is 20.0. The standard InChI is InChI=1S/C25H32OPSi/c1-22(26-28(2,3)4)20-21-27(23-14-8-5-9-15-23,24-16-10-6-11-17-24)25-18-12-7-13-19-25/h5-19,22H,20-21H2,1-4H3/q+1/t22-/m1/s1. The van der Waals surface area contributed by atoms with E-state index in [1.165, 1.54) is 15.9 Å².